The molecule has 1 unspecified atom stereocenters. The third-order valence-electron chi connectivity index (χ3n) is 5.68. The predicted molar refractivity (Wildman–Crippen MR) is 124 cm³/mol. The fourth-order valence-corrected chi connectivity index (χ4v) is 3.94. The van der Waals surface area contributed by atoms with Crippen molar-refractivity contribution in [3.8, 4) is 11.5 Å². The molecule has 1 fully saturated rings. The molecule has 2 heterocycles. The molecule has 4 rings (SSSR count). The SMILES string of the molecule is COc1cc(CCC(C)=O)ccc1OCC1CN(Cc2ccc3ccccc3n2)CCO1. The summed E-state index contributed by atoms with van der Waals surface area (Å²) in [4.78, 5) is 18.4. The maximum Gasteiger partial charge on any atom is 0.161 e. The molecule has 3 aromatic rings. The van der Waals surface area contributed by atoms with Crippen LogP contribution < -0.4 is 9.47 Å². The summed E-state index contributed by atoms with van der Waals surface area (Å²) in [5.41, 5.74) is 3.15. The minimum atomic E-state index is -0.0219. The lowest BCUT2D eigenvalue weighted by atomic mass is 10.1. The van der Waals surface area contributed by atoms with Crippen molar-refractivity contribution < 1.29 is 19.0 Å². The van der Waals surface area contributed by atoms with Crippen LogP contribution in [-0.2, 0) is 22.5 Å². The number of benzene rings is 2. The van der Waals surface area contributed by atoms with E-state index in [2.05, 4.69) is 23.1 Å². The normalized spacial score (nSPS) is 16.8. The van der Waals surface area contributed by atoms with Crippen LogP contribution in [0.25, 0.3) is 10.9 Å². The number of pyridine rings is 1. The lowest BCUT2D eigenvalue weighted by Crippen LogP contribution is -2.44. The van der Waals surface area contributed by atoms with Gasteiger partial charge in [0, 0.05) is 31.4 Å². The second kappa shape index (κ2) is 10.6. The van der Waals surface area contributed by atoms with Crippen LogP contribution in [0.4, 0.5) is 0 Å². The molecule has 1 atom stereocenters. The summed E-state index contributed by atoms with van der Waals surface area (Å²) >= 11 is 0. The lowest BCUT2D eigenvalue weighted by Gasteiger charge is -2.32. The highest BCUT2D eigenvalue weighted by Crippen LogP contribution is 2.29. The number of nitrogens with zero attached hydrogens (tertiary/aromatic N) is 2. The van der Waals surface area contributed by atoms with Gasteiger partial charge in [-0.3, -0.25) is 9.88 Å². The Balaban J connectivity index is 1.33. The molecule has 0 amide bonds. The van der Waals surface area contributed by atoms with Crippen molar-refractivity contribution in [1.29, 1.82) is 0 Å². The van der Waals surface area contributed by atoms with Crippen molar-refractivity contribution in [2.75, 3.05) is 33.4 Å². The van der Waals surface area contributed by atoms with Crippen molar-refractivity contribution in [2.45, 2.75) is 32.4 Å². The molecule has 168 valence electrons. The number of methoxy groups -OCH3 is 1. The zero-order chi connectivity index (χ0) is 22.3. The average Bonchev–Trinajstić information content (AvgIpc) is 2.81. The first-order chi connectivity index (χ1) is 15.6. The Morgan fingerprint density at radius 3 is 2.88 bits per heavy atom. The molecule has 0 saturated carbocycles. The number of ketones is 1. The van der Waals surface area contributed by atoms with E-state index in [0.717, 1.165) is 41.8 Å². The van der Waals surface area contributed by atoms with Crippen molar-refractivity contribution in [3.63, 3.8) is 0 Å². The molecule has 0 radical (unpaired) electrons. The van der Waals surface area contributed by atoms with Gasteiger partial charge < -0.3 is 19.0 Å². The van der Waals surface area contributed by atoms with E-state index in [1.807, 2.05) is 36.4 Å². The minimum Gasteiger partial charge on any atom is -0.493 e. The van der Waals surface area contributed by atoms with Gasteiger partial charge in [0.25, 0.3) is 0 Å². The van der Waals surface area contributed by atoms with Gasteiger partial charge in [-0.25, -0.2) is 0 Å². The Labute approximate surface area is 189 Å². The van der Waals surface area contributed by atoms with Crippen molar-refractivity contribution in [1.82, 2.24) is 9.88 Å². The van der Waals surface area contributed by atoms with Crippen LogP contribution in [0, 0.1) is 0 Å². The Morgan fingerprint density at radius 2 is 2.03 bits per heavy atom. The third-order valence-corrected chi connectivity index (χ3v) is 5.68. The van der Waals surface area contributed by atoms with Gasteiger partial charge in [-0.05, 0) is 43.2 Å². The first-order valence-electron chi connectivity index (χ1n) is 11.1. The van der Waals surface area contributed by atoms with E-state index in [4.69, 9.17) is 19.2 Å². The molecule has 1 aromatic heterocycles. The molecule has 2 aromatic carbocycles. The third kappa shape index (κ3) is 5.84. The molecule has 0 N–H and O–H groups in total. The number of carbonyl (C=O) groups excluding carboxylic acids is 1. The number of rotatable bonds is 9. The zero-order valence-electron chi connectivity index (χ0n) is 18.8. The molecule has 0 aliphatic carbocycles. The first kappa shape index (κ1) is 22.2. The van der Waals surface area contributed by atoms with Crippen LogP contribution >= 0.6 is 0 Å². The summed E-state index contributed by atoms with van der Waals surface area (Å²) in [6.45, 7) is 5.18. The summed E-state index contributed by atoms with van der Waals surface area (Å²) in [5, 5.41) is 1.16. The van der Waals surface area contributed by atoms with Crippen molar-refractivity contribution >= 4 is 16.7 Å². The summed E-state index contributed by atoms with van der Waals surface area (Å²) in [6, 6.07) is 18.3. The number of aryl methyl sites for hydroxylation is 1. The second-order valence-electron chi connectivity index (χ2n) is 8.22. The predicted octanol–water partition coefficient (Wildman–Crippen LogP) is 4.04. The van der Waals surface area contributed by atoms with Gasteiger partial charge in [0.15, 0.2) is 11.5 Å². The van der Waals surface area contributed by atoms with Gasteiger partial charge in [-0.2, -0.15) is 0 Å². The molecule has 0 bridgehead atoms. The molecule has 1 aliphatic heterocycles. The van der Waals surface area contributed by atoms with Crippen LogP contribution in [0.15, 0.2) is 54.6 Å². The molecular weight excluding hydrogens is 404 g/mol. The maximum absolute atomic E-state index is 11.2. The van der Waals surface area contributed by atoms with Crippen LogP contribution in [0.5, 0.6) is 11.5 Å². The van der Waals surface area contributed by atoms with E-state index in [9.17, 15) is 4.79 Å². The second-order valence-corrected chi connectivity index (χ2v) is 8.22. The van der Waals surface area contributed by atoms with E-state index in [1.165, 1.54) is 0 Å². The summed E-state index contributed by atoms with van der Waals surface area (Å²) in [7, 11) is 1.63. The van der Waals surface area contributed by atoms with E-state index < -0.39 is 0 Å². The standard InChI is InChI=1S/C26H30N2O4/c1-19(29)7-8-20-9-12-25(26(15-20)30-2)32-18-23-17-28(13-14-31-23)16-22-11-10-21-5-3-4-6-24(21)27-22/h3-6,9-12,15,23H,7-8,13-14,16-18H2,1-2H3. The van der Waals surface area contributed by atoms with E-state index in [-0.39, 0.29) is 11.9 Å². The summed E-state index contributed by atoms with van der Waals surface area (Å²) in [5.74, 6) is 1.55. The highest BCUT2D eigenvalue weighted by atomic mass is 16.5. The number of Topliss-reactive ketones (excluding diaryl/α,β-unsaturated/α-hetero) is 1. The van der Waals surface area contributed by atoms with Crippen molar-refractivity contribution in [2.24, 2.45) is 0 Å². The van der Waals surface area contributed by atoms with Gasteiger partial charge in [-0.1, -0.05) is 30.3 Å². The molecule has 32 heavy (non-hydrogen) atoms. The quantitative estimate of drug-likeness (QED) is 0.507. The number of hydrogen-bond acceptors (Lipinski definition) is 6. The summed E-state index contributed by atoms with van der Waals surface area (Å²) in [6.07, 6.45) is 1.21. The minimum absolute atomic E-state index is 0.0219. The van der Waals surface area contributed by atoms with Gasteiger partial charge in [0.2, 0.25) is 0 Å². The van der Waals surface area contributed by atoms with Gasteiger partial charge >= 0.3 is 0 Å². The topological polar surface area (TPSA) is 60.9 Å². The lowest BCUT2D eigenvalue weighted by molar-refractivity contribution is -0.116. The van der Waals surface area contributed by atoms with Gasteiger partial charge in [0.1, 0.15) is 18.5 Å². The van der Waals surface area contributed by atoms with Gasteiger partial charge in [-0.15, -0.1) is 0 Å². The molecule has 0 spiro atoms. The van der Waals surface area contributed by atoms with E-state index in [0.29, 0.717) is 37.6 Å². The van der Waals surface area contributed by atoms with E-state index in [1.54, 1.807) is 14.0 Å². The Hall–Kier alpha value is -2.96. The zero-order valence-corrected chi connectivity index (χ0v) is 18.8. The first-order valence-corrected chi connectivity index (χ1v) is 11.1. The monoisotopic (exact) mass is 434 g/mol. The average molecular weight is 435 g/mol. The van der Waals surface area contributed by atoms with Crippen LogP contribution in [0.1, 0.15) is 24.6 Å². The fraction of sp³-hybridized carbons (Fsp3) is 0.385. The van der Waals surface area contributed by atoms with Crippen LogP contribution in [0.3, 0.4) is 0 Å². The number of carbonyl (C=O) groups is 1. The van der Waals surface area contributed by atoms with Gasteiger partial charge in [0.05, 0.1) is 24.9 Å². The number of para-hydroxylation sites is 1. The molecule has 1 saturated heterocycles. The molecule has 6 heteroatoms. The number of morpholine rings is 1. The molecule has 6 nitrogen and oxygen atoms in total. The number of hydrogen-bond donors (Lipinski definition) is 0. The number of aromatic nitrogens is 1. The highest BCUT2D eigenvalue weighted by molar-refractivity contribution is 5.78. The number of fused-ring (bicyclic) bond motifs is 1. The summed E-state index contributed by atoms with van der Waals surface area (Å²) < 4.78 is 17.5. The maximum atomic E-state index is 11.2. The van der Waals surface area contributed by atoms with Crippen molar-refractivity contribution in [3.05, 3.63) is 65.9 Å². The molecular formula is C26H30N2O4. The smallest absolute Gasteiger partial charge is 0.161 e. The highest BCUT2D eigenvalue weighted by Gasteiger charge is 2.22. The van der Waals surface area contributed by atoms with Crippen LogP contribution in [-0.4, -0.2) is 55.2 Å². The Kier molecular flexibility index (Phi) is 7.35. The Morgan fingerprint density at radius 1 is 1.16 bits per heavy atom. The van der Waals surface area contributed by atoms with Crippen LogP contribution in [0.2, 0.25) is 0 Å². The largest absolute Gasteiger partial charge is 0.493 e. The fourth-order valence-electron chi connectivity index (χ4n) is 3.94. The van der Waals surface area contributed by atoms with E-state index >= 15 is 0 Å². The Bertz CT molecular complexity index is 1070. The molecule has 1 aliphatic rings. The number of ether oxygens (including phenoxy) is 3.